The van der Waals surface area contributed by atoms with Crippen molar-refractivity contribution in [3.63, 3.8) is 0 Å². The monoisotopic (exact) mass is 408 g/mol. The minimum Gasteiger partial charge on any atom is -0.495 e. The minimum atomic E-state index is -1.09. The molecule has 158 valence electrons. The van der Waals surface area contributed by atoms with Gasteiger partial charge in [-0.3, -0.25) is 10.5 Å². The standard InChI is InChI=1S/C22H28N6O2/c1-14(29)27-17-5-3-4-15(10-17)22(23)18-11-20(28-16-6-8-24-9-7-16)21(30-2)12-19(18)25-13-26-22/h3-5,10-13,16,24,28H,6-9,23H2,1-2H3,(H,25,26)(H,27,29). The van der Waals surface area contributed by atoms with Crippen molar-refractivity contribution in [1.29, 1.82) is 0 Å². The SMILES string of the molecule is COc1cc2c(cc1NC1CCNCC1)C(N)(c1cccc(NC(C)=O)c1)N=CN2. The van der Waals surface area contributed by atoms with E-state index in [1.54, 1.807) is 13.4 Å². The molecule has 1 amide bonds. The van der Waals surface area contributed by atoms with Gasteiger partial charge in [0, 0.05) is 35.8 Å². The van der Waals surface area contributed by atoms with E-state index < -0.39 is 5.66 Å². The van der Waals surface area contributed by atoms with E-state index in [1.165, 1.54) is 6.92 Å². The molecule has 2 aliphatic rings. The summed E-state index contributed by atoms with van der Waals surface area (Å²) < 4.78 is 5.64. The second-order valence-electron chi connectivity index (χ2n) is 7.70. The van der Waals surface area contributed by atoms with Gasteiger partial charge in [0.15, 0.2) is 5.66 Å². The molecule has 0 saturated carbocycles. The molecule has 8 nitrogen and oxygen atoms in total. The van der Waals surface area contributed by atoms with Gasteiger partial charge in [0.1, 0.15) is 5.75 Å². The Kier molecular flexibility index (Phi) is 5.61. The van der Waals surface area contributed by atoms with Crippen LogP contribution in [0.2, 0.25) is 0 Å². The maximum atomic E-state index is 11.5. The van der Waals surface area contributed by atoms with E-state index in [1.807, 2.05) is 36.4 Å². The molecule has 1 atom stereocenters. The molecule has 0 spiro atoms. The van der Waals surface area contributed by atoms with Gasteiger partial charge in [0.25, 0.3) is 0 Å². The Morgan fingerprint density at radius 2 is 2.07 bits per heavy atom. The molecule has 0 radical (unpaired) electrons. The molecule has 0 aliphatic carbocycles. The van der Waals surface area contributed by atoms with Crippen LogP contribution in [0.5, 0.6) is 5.75 Å². The third-order valence-corrected chi connectivity index (χ3v) is 5.56. The second kappa shape index (κ2) is 8.33. The number of hydrogen-bond donors (Lipinski definition) is 5. The van der Waals surface area contributed by atoms with Crippen molar-refractivity contribution in [1.82, 2.24) is 5.32 Å². The van der Waals surface area contributed by atoms with Gasteiger partial charge in [-0.1, -0.05) is 12.1 Å². The topological polar surface area (TPSA) is 113 Å². The highest BCUT2D eigenvalue weighted by Crippen LogP contribution is 2.42. The van der Waals surface area contributed by atoms with Gasteiger partial charge in [0.2, 0.25) is 5.91 Å². The maximum absolute atomic E-state index is 11.5. The van der Waals surface area contributed by atoms with Crippen LogP contribution in [0.15, 0.2) is 41.4 Å². The molecule has 6 N–H and O–H groups in total. The van der Waals surface area contributed by atoms with E-state index in [4.69, 9.17) is 10.5 Å². The molecule has 0 aromatic heterocycles. The average molecular weight is 409 g/mol. The summed E-state index contributed by atoms with van der Waals surface area (Å²) in [5.41, 5.74) is 9.80. The first-order valence-corrected chi connectivity index (χ1v) is 10.2. The molecule has 2 heterocycles. The molecule has 2 aromatic rings. The second-order valence-corrected chi connectivity index (χ2v) is 7.70. The van der Waals surface area contributed by atoms with Crippen molar-refractivity contribution in [3.8, 4) is 5.75 Å². The van der Waals surface area contributed by atoms with E-state index in [0.29, 0.717) is 11.7 Å². The largest absolute Gasteiger partial charge is 0.495 e. The predicted molar refractivity (Wildman–Crippen MR) is 120 cm³/mol. The fourth-order valence-electron chi connectivity index (χ4n) is 4.02. The highest BCUT2D eigenvalue weighted by Gasteiger charge is 2.35. The van der Waals surface area contributed by atoms with Crippen LogP contribution in [0.3, 0.4) is 0 Å². The summed E-state index contributed by atoms with van der Waals surface area (Å²) in [5.74, 6) is 0.620. The Morgan fingerprint density at radius 3 is 2.80 bits per heavy atom. The number of benzene rings is 2. The number of anilines is 3. The van der Waals surface area contributed by atoms with Gasteiger partial charge in [0.05, 0.1) is 24.8 Å². The maximum Gasteiger partial charge on any atom is 0.221 e. The van der Waals surface area contributed by atoms with Gasteiger partial charge >= 0.3 is 0 Å². The van der Waals surface area contributed by atoms with Crippen LogP contribution >= 0.6 is 0 Å². The van der Waals surface area contributed by atoms with E-state index in [9.17, 15) is 4.79 Å². The Hall–Kier alpha value is -3.10. The summed E-state index contributed by atoms with van der Waals surface area (Å²) in [6, 6.07) is 11.8. The zero-order valence-electron chi connectivity index (χ0n) is 17.3. The molecule has 0 bridgehead atoms. The highest BCUT2D eigenvalue weighted by atomic mass is 16.5. The summed E-state index contributed by atoms with van der Waals surface area (Å²) in [6.45, 7) is 3.47. The van der Waals surface area contributed by atoms with Gasteiger partial charge in [-0.15, -0.1) is 0 Å². The Bertz CT molecular complexity index is 970. The predicted octanol–water partition coefficient (Wildman–Crippen LogP) is 2.43. The van der Waals surface area contributed by atoms with Gasteiger partial charge in [-0.25, -0.2) is 4.99 Å². The fraction of sp³-hybridized carbons (Fsp3) is 0.364. The van der Waals surface area contributed by atoms with Crippen LogP contribution in [0, 0.1) is 0 Å². The minimum absolute atomic E-state index is 0.134. The summed E-state index contributed by atoms with van der Waals surface area (Å²) in [7, 11) is 1.67. The number of piperidine rings is 1. The molecular weight excluding hydrogens is 380 g/mol. The van der Waals surface area contributed by atoms with E-state index in [2.05, 4.69) is 26.3 Å². The van der Waals surface area contributed by atoms with Gasteiger partial charge in [-0.05, 0) is 44.1 Å². The molecule has 2 aromatic carbocycles. The number of fused-ring (bicyclic) bond motifs is 1. The average Bonchev–Trinajstić information content (AvgIpc) is 2.74. The molecule has 30 heavy (non-hydrogen) atoms. The van der Waals surface area contributed by atoms with Crippen molar-refractivity contribution in [2.24, 2.45) is 10.7 Å². The van der Waals surface area contributed by atoms with Crippen molar-refractivity contribution in [2.45, 2.75) is 31.5 Å². The first-order valence-electron chi connectivity index (χ1n) is 10.2. The summed E-state index contributed by atoms with van der Waals surface area (Å²) in [4.78, 5) is 16.1. The van der Waals surface area contributed by atoms with Crippen molar-refractivity contribution in [3.05, 3.63) is 47.5 Å². The number of rotatable bonds is 5. The number of amides is 1. The van der Waals surface area contributed by atoms with Crippen LogP contribution in [-0.4, -0.2) is 38.5 Å². The van der Waals surface area contributed by atoms with E-state index in [0.717, 1.165) is 54.2 Å². The molecule has 8 heteroatoms. The molecule has 4 rings (SSSR count). The van der Waals surface area contributed by atoms with Crippen LogP contribution in [0.1, 0.15) is 30.9 Å². The Labute approximate surface area is 176 Å². The van der Waals surface area contributed by atoms with Crippen LogP contribution in [0.4, 0.5) is 17.1 Å². The Balaban J connectivity index is 1.74. The third kappa shape index (κ3) is 3.96. The number of ether oxygens (including phenoxy) is 1. The normalized spacial score (nSPS) is 20.8. The zero-order chi connectivity index (χ0) is 21.1. The lowest BCUT2D eigenvalue weighted by atomic mass is 9.89. The zero-order valence-corrected chi connectivity index (χ0v) is 17.3. The van der Waals surface area contributed by atoms with Gasteiger partial charge < -0.3 is 26.0 Å². The number of hydrogen-bond acceptors (Lipinski definition) is 7. The quantitative estimate of drug-likeness (QED) is 0.519. The number of aliphatic imine (C=N–C) groups is 1. The first-order chi connectivity index (χ1) is 14.5. The molecule has 1 saturated heterocycles. The molecule has 2 aliphatic heterocycles. The number of nitrogens with one attached hydrogen (secondary N) is 4. The number of carbonyl (C=O) groups excluding carboxylic acids is 1. The summed E-state index contributed by atoms with van der Waals surface area (Å²) >= 11 is 0. The lowest BCUT2D eigenvalue weighted by Crippen LogP contribution is -2.40. The van der Waals surface area contributed by atoms with Crippen molar-refractivity contribution >= 4 is 29.3 Å². The smallest absolute Gasteiger partial charge is 0.221 e. The summed E-state index contributed by atoms with van der Waals surface area (Å²) in [5, 5.41) is 13.0. The first kappa shape index (κ1) is 20.2. The fourth-order valence-corrected chi connectivity index (χ4v) is 4.02. The number of nitrogens with zero attached hydrogens (tertiary/aromatic N) is 1. The van der Waals surface area contributed by atoms with Crippen molar-refractivity contribution in [2.75, 3.05) is 36.1 Å². The van der Waals surface area contributed by atoms with E-state index in [-0.39, 0.29) is 5.91 Å². The van der Waals surface area contributed by atoms with Crippen molar-refractivity contribution < 1.29 is 9.53 Å². The number of methoxy groups -OCH3 is 1. The Morgan fingerprint density at radius 1 is 1.27 bits per heavy atom. The molecule has 1 fully saturated rings. The number of carbonyl (C=O) groups is 1. The van der Waals surface area contributed by atoms with Crippen LogP contribution in [0.25, 0.3) is 0 Å². The lowest BCUT2D eigenvalue weighted by molar-refractivity contribution is -0.114. The lowest BCUT2D eigenvalue weighted by Gasteiger charge is -2.33. The highest BCUT2D eigenvalue weighted by molar-refractivity contribution is 5.89. The van der Waals surface area contributed by atoms with Crippen LogP contribution < -0.4 is 31.7 Å². The van der Waals surface area contributed by atoms with Crippen LogP contribution in [-0.2, 0) is 10.5 Å². The van der Waals surface area contributed by atoms with Gasteiger partial charge in [-0.2, -0.15) is 0 Å². The number of nitrogens with two attached hydrogens (primary N) is 1. The molecular formula is C22H28N6O2. The van der Waals surface area contributed by atoms with E-state index >= 15 is 0 Å². The molecule has 1 unspecified atom stereocenters. The third-order valence-electron chi connectivity index (χ3n) is 5.56. The summed E-state index contributed by atoms with van der Waals surface area (Å²) in [6.07, 6.45) is 3.69.